The van der Waals surface area contributed by atoms with Gasteiger partial charge in [0.25, 0.3) is 0 Å². The van der Waals surface area contributed by atoms with E-state index in [0.717, 1.165) is 0 Å². The standard InChI is InChI=1S/C15H18FNO4/c1-10(11-3-2-4-12(16)7-11)15(20)17-5-6-21-13(9-17)8-14(18)19/h2-4,7,10,13H,5-6,8-9H2,1H3,(H,18,19). The zero-order valence-electron chi connectivity index (χ0n) is 11.8. The van der Waals surface area contributed by atoms with Gasteiger partial charge in [-0.15, -0.1) is 0 Å². The quantitative estimate of drug-likeness (QED) is 0.917. The molecule has 2 rings (SSSR count). The van der Waals surface area contributed by atoms with Crippen LogP contribution in [-0.4, -0.2) is 47.7 Å². The summed E-state index contributed by atoms with van der Waals surface area (Å²) in [7, 11) is 0. The average molecular weight is 295 g/mol. The molecule has 1 amide bonds. The van der Waals surface area contributed by atoms with Crippen molar-refractivity contribution in [3.8, 4) is 0 Å². The van der Waals surface area contributed by atoms with Gasteiger partial charge >= 0.3 is 5.97 Å². The minimum atomic E-state index is -0.951. The largest absolute Gasteiger partial charge is 0.481 e. The number of amides is 1. The van der Waals surface area contributed by atoms with Gasteiger partial charge in [-0.05, 0) is 24.6 Å². The summed E-state index contributed by atoms with van der Waals surface area (Å²) in [5.74, 6) is -1.94. The Balaban J connectivity index is 2.03. The maximum Gasteiger partial charge on any atom is 0.306 e. The Kier molecular flexibility index (Phi) is 4.90. The maximum absolute atomic E-state index is 13.2. The Morgan fingerprint density at radius 3 is 2.95 bits per heavy atom. The highest BCUT2D eigenvalue weighted by Crippen LogP contribution is 2.21. The van der Waals surface area contributed by atoms with Crippen molar-refractivity contribution in [2.75, 3.05) is 19.7 Å². The van der Waals surface area contributed by atoms with Gasteiger partial charge in [0.2, 0.25) is 5.91 Å². The lowest BCUT2D eigenvalue weighted by molar-refractivity contribution is -0.148. The van der Waals surface area contributed by atoms with Gasteiger partial charge in [-0.25, -0.2) is 4.39 Å². The molecule has 1 aliphatic rings. The van der Waals surface area contributed by atoms with Crippen LogP contribution >= 0.6 is 0 Å². The number of halogens is 1. The van der Waals surface area contributed by atoms with Gasteiger partial charge in [-0.3, -0.25) is 9.59 Å². The Morgan fingerprint density at radius 1 is 1.52 bits per heavy atom. The molecule has 21 heavy (non-hydrogen) atoms. The third-order valence-corrected chi connectivity index (χ3v) is 3.57. The van der Waals surface area contributed by atoms with E-state index < -0.39 is 18.0 Å². The second-order valence-corrected chi connectivity index (χ2v) is 5.15. The van der Waals surface area contributed by atoms with Gasteiger partial charge in [-0.1, -0.05) is 12.1 Å². The number of carboxylic acids is 1. The molecule has 0 bridgehead atoms. The fourth-order valence-electron chi connectivity index (χ4n) is 2.43. The predicted octanol–water partition coefficient (Wildman–Crippen LogP) is 1.63. The van der Waals surface area contributed by atoms with E-state index in [1.807, 2.05) is 0 Å². The van der Waals surface area contributed by atoms with Gasteiger partial charge in [0.15, 0.2) is 0 Å². The van der Waals surface area contributed by atoms with Crippen LogP contribution in [0.1, 0.15) is 24.8 Å². The van der Waals surface area contributed by atoms with Crippen molar-refractivity contribution >= 4 is 11.9 Å². The molecule has 1 aliphatic heterocycles. The number of aliphatic carboxylic acids is 1. The first-order chi connectivity index (χ1) is 9.97. The molecule has 2 unspecified atom stereocenters. The Bertz CT molecular complexity index is 534. The van der Waals surface area contributed by atoms with Gasteiger partial charge < -0.3 is 14.7 Å². The summed E-state index contributed by atoms with van der Waals surface area (Å²) in [5.41, 5.74) is 0.612. The van der Waals surface area contributed by atoms with Crippen LogP contribution in [0, 0.1) is 5.82 Å². The van der Waals surface area contributed by atoms with Gasteiger partial charge in [0, 0.05) is 13.1 Å². The van der Waals surface area contributed by atoms with Crippen LogP contribution in [0.3, 0.4) is 0 Å². The van der Waals surface area contributed by atoms with Gasteiger partial charge in [-0.2, -0.15) is 0 Å². The molecule has 1 saturated heterocycles. The number of carboxylic acid groups (broad SMARTS) is 1. The molecule has 2 atom stereocenters. The number of carbonyl (C=O) groups excluding carboxylic acids is 1. The summed E-state index contributed by atoms with van der Waals surface area (Å²) >= 11 is 0. The number of carbonyl (C=O) groups is 2. The highest BCUT2D eigenvalue weighted by Gasteiger charge is 2.29. The summed E-state index contributed by atoms with van der Waals surface area (Å²) in [6.45, 7) is 2.72. The number of morpholine rings is 1. The molecule has 0 spiro atoms. The molecular formula is C15H18FNO4. The van der Waals surface area contributed by atoms with Crippen molar-refractivity contribution in [1.82, 2.24) is 4.90 Å². The van der Waals surface area contributed by atoms with E-state index in [0.29, 0.717) is 18.7 Å². The van der Waals surface area contributed by atoms with E-state index in [4.69, 9.17) is 9.84 Å². The van der Waals surface area contributed by atoms with Crippen LogP contribution in [0.15, 0.2) is 24.3 Å². The highest BCUT2D eigenvalue weighted by molar-refractivity contribution is 5.83. The number of hydrogen-bond acceptors (Lipinski definition) is 3. The minimum absolute atomic E-state index is 0.127. The lowest BCUT2D eigenvalue weighted by atomic mass is 9.99. The van der Waals surface area contributed by atoms with E-state index in [9.17, 15) is 14.0 Å². The van der Waals surface area contributed by atoms with E-state index >= 15 is 0 Å². The van der Waals surface area contributed by atoms with Crippen molar-refractivity contribution in [3.05, 3.63) is 35.6 Å². The van der Waals surface area contributed by atoms with Gasteiger partial charge in [0.1, 0.15) is 5.82 Å². The number of hydrogen-bond donors (Lipinski definition) is 1. The zero-order valence-corrected chi connectivity index (χ0v) is 11.8. The molecule has 0 aromatic heterocycles. The fraction of sp³-hybridized carbons (Fsp3) is 0.467. The van der Waals surface area contributed by atoms with Crippen molar-refractivity contribution in [2.24, 2.45) is 0 Å². The number of ether oxygens (including phenoxy) is 1. The molecule has 0 aliphatic carbocycles. The number of nitrogens with zero attached hydrogens (tertiary/aromatic N) is 1. The second kappa shape index (κ2) is 6.67. The van der Waals surface area contributed by atoms with E-state index in [1.54, 1.807) is 24.0 Å². The molecule has 5 nitrogen and oxygen atoms in total. The van der Waals surface area contributed by atoms with Crippen molar-refractivity contribution in [3.63, 3.8) is 0 Å². The molecule has 1 fully saturated rings. The molecular weight excluding hydrogens is 277 g/mol. The molecule has 0 saturated carbocycles. The van der Waals surface area contributed by atoms with E-state index in [1.165, 1.54) is 12.1 Å². The molecule has 1 heterocycles. The molecule has 0 radical (unpaired) electrons. The van der Waals surface area contributed by atoms with Crippen LogP contribution in [0.4, 0.5) is 4.39 Å². The summed E-state index contributed by atoms with van der Waals surface area (Å²) in [6.07, 6.45) is -0.613. The number of benzene rings is 1. The lowest BCUT2D eigenvalue weighted by Crippen LogP contribution is -2.47. The summed E-state index contributed by atoms with van der Waals surface area (Å²) in [5, 5.41) is 8.78. The van der Waals surface area contributed by atoms with Crippen LogP contribution in [0.5, 0.6) is 0 Å². The summed E-state index contributed by atoms with van der Waals surface area (Å²) in [4.78, 5) is 24.7. The SMILES string of the molecule is CC(C(=O)N1CCOC(CC(=O)O)C1)c1cccc(F)c1. The van der Waals surface area contributed by atoms with Crippen LogP contribution in [0.25, 0.3) is 0 Å². The monoisotopic (exact) mass is 295 g/mol. The van der Waals surface area contributed by atoms with E-state index in [2.05, 4.69) is 0 Å². The lowest BCUT2D eigenvalue weighted by Gasteiger charge is -2.34. The van der Waals surface area contributed by atoms with Crippen LogP contribution < -0.4 is 0 Å². The molecule has 1 N–H and O–H groups in total. The van der Waals surface area contributed by atoms with Crippen LogP contribution in [0.2, 0.25) is 0 Å². The molecule has 1 aromatic rings. The maximum atomic E-state index is 13.2. The Labute approximate surface area is 122 Å². The summed E-state index contributed by atoms with van der Waals surface area (Å²) in [6, 6.07) is 5.96. The third kappa shape index (κ3) is 4.01. The first kappa shape index (κ1) is 15.4. The first-order valence-corrected chi connectivity index (χ1v) is 6.85. The minimum Gasteiger partial charge on any atom is -0.481 e. The van der Waals surface area contributed by atoms with E-state index in [-0.39, 0.29) is 24.7 Å². The Hall–Kier alpha value is -1.95. The fourth-order valence-corrected chi connectivity index (χ4v) is 2.43. The normalized spacial score (nSPS) is 20.1. The third-order valence-electron chi connectivity index (χ3n) is 3.57. The molecule has 1 aromatic carbocycles. The Morgan fingerprint density at radius 2 is 2.29 bits per heavy atom. The number of rotatable bonds is 4. The van der Waals surface area contributed by atoms with Gasteiger partial charge in [0.05, 0.1) is 25.0 Å². The first-order valence-electron chi connectivity index (χ1n) is 6.85. The van der Waals surface area contributed by atoms with Crippen molar-refractivity contribution in [2.45, 2.75) is 25.4 Å². The van der Waals surface area contributed by atoms with Crippen molar-refractivity contribution in [1.29, 1.82) is 0 Å². The summed E-state index contributed by atoms with van der Waals surface area (Å²) < 4.78 is 18.6. The smallest absolute Gasteiger partial charge is 0.306 e. The highest BCUT2D eigenvalue weighted by atomic mass is 19.1. The zero-order chi connectivity index (χ0) is 15.4. The predicted molar refractivity (Wildman–Crippen MR) is 73.4 cm³/mol. The average Bonchev–Trinajstić information content (AvgIpc) is 2.45. The second-order valence-electron chi connectivity index (χ2n) is 5.15. The molecule has 114 valence electrons. The van der Waals surface area contributed by atoms with Crippen molar-refractivity contribution < 1.29 is 23.8 Å². The molecule has 6 heteroatoms. The topological polar surface area (TPSA) is 66.8 Å². The van der Waals surface area contributed by atoms with Crippen LogP contribution in [-0.2, 0) is 14.3 Å².